The molecular weight excluding hydrogens is 298 g/mol. The minimum Gasteiger partial charge on any atom is -0.479 e. The van der Waals surface area contributed by atoms with Gasteiger partial charge in [-0.3, -0.25) is 9.48 Å². The molecule has 2 rings (SSSR count). The maximum atomic E-state index is 12.5. The van der Waals surface area contributed by atoms with Crippen molar-refractivity contribution < 1.29 is 19.4 Å². The van der Waals surface area contributed by atoms with E-state index < -0.39 is 22.8 Å². The van der Waals surface area contributed by atoms with Crippen molar-refractivity contribution >= 4 is 11.9 Å². The molecule has 23 heavy (non-hydrogen) atoms. The lowest BCUT2D eigenvalue weighted by Crippen LogP contribution is -2.76. The van der Waals surface area contributed by atoms with Crippen molar-refractivity contribution in [1.82, 2.24) is 15.1 Å². The van der Waals surface area contributed by atoms with Crippen LogP contribution in [0.2, 0.25) is 0 Å². The Kier molecular flexibility index (Phi) is 4.52. The minimum atomic E-state index is -1.34. The van der Waals surface area contributed by atoms with E-state index in [1.54, 1.807) is 30.8 Å². The molecule has 2 atom stereocenters. The fourth-order valence-corrected chi connectivity index (χ4v) is 3.04. The average Bonchev–Trinajstić information content (AvgIpc) is 2.95. The number of ether oxygens (including phenoxy) is 1. The second-order valence-corrected chi connectivity index (χ2v) is 6.81. The molecule has 0 saturated heterocycles. The SMILES string of the molecule is CCOC1CC(NC(=O)c2ccn(C(C)C)n2)(C(=O)O)C1(C)C. The van der Waals surface area contributed by atoms with Crippen molar-refractivity contribution in [1.29, 1.82) is 0 Å². The predicted octanol–water partition coefficient (Wildman–Crippen LogP) is 1.85. The third kappa shape index (κ3) is 2.73. The standard InChI is InChI=1S/C16H25N3O4/c1-6-23-12-9-16(14(21)22,15(12,4)5)17-13(20)11-7-8-19(18-11)10(2)3/h7-8,10,12H,6,9H2,1-5H3,(H,17,20)(H,21,22). The summed E-state index contributed by atoms with van der Waals surface area (Å²) >= 11 is 0. The van der Waals surface area contributed by atoms with E-state index >= 15 is 0 Å². The van der Waals surface area contributed by atoms with Gasteiger partial charge < -0.3 is 15.2 Å². The highest BCUT2D eigenvalue weighted by Crippen LogP contribution is 2.51. The van der Waals surface area contributed by atoms with Crippen LogP contribution in [-0.4, -0.2) is 45.0 Å². The number of aromatic nitrogens is 2. The van der Waals surface area contributed by atoms with Crippen molar-refractivity contribution in [3.8, 4) is 0 Å². The molecule has 1 saturated carbocycles. The molecule has 1 amide bonds. The molecule has 2 unspecified atom stereocenters. The van der Waals surface area contributed by atoms with Crippen molar-refractivity contribution in [3.05, 3.63) is 18.0 Å². The molecule has 1 fully saturated rings. The third-order valence-electron chi connectivity index (χ3n) is 4.83. The molecule has 128 valence electrons. The van der Waals surface area contributed by atoms with Gasteiger partial charge in [-0.1, -0.05) is 13.8 Å². The van der Waals surface area contributed by atoms with Crippen LogP contribution in [0, 0.1) is 5.41 Å². The Hall–Kier alpha value is -1.89. The smallest absolute Gasteiger partial charge is 0.330 e. The van der Waals surface area contributed by atoms with Crippen molar-refractivity contribution in [2.45, 2.75) is 58.7 Å². The number of amides is 1. The van der Waals surface area contributed by atoms with E-state index in [0.29, 0.717) is 6.61 Å². The number of carbonyl (C=O) groups excluding carboxylic acids is 1. The number of rotatable bonds is 6. The number of nitrogens with one attached hydrogen (secondary N) is 1. The number of hydrogen-bond acceptors (Lipinski definition) is 4. The molecule has 0 spiro atoms. The molecular formula is C16H25N3O4. The summed E-state index contributed by atoms with van der Waals surface area (Å²) in [5, 5.41) is 16.6. The summed E-state index contributed by atoms with van der Waals surface area (Å²) in [5.41, 5.74) is -1.83. The molecule has 1 aliphatic rings. The molecule has 0 bridgehead atoms. The van der Waals surface area contributed by atoms with Crippen molar-refractivity contribution in [2.24, 2.45) is 5.41 Å². The van der Waals surface area contributed by atoms with Gasteiger partial charge in [0.15, 0.2) is 0 Å². The van der Waals surface area contributed by atoms with Crippen molar-refractivity contribution in [3.63, 3.8) is 0 Å². The molecule has 7 heteroatoms. The average molecular weight is 323 g/mol. The molecule has 0 aromatic carbocycles. The minimum absolute atomic E-state index is 0.132. The van der Waals surface area contributed by atoms with Gasteiger partial charge in [0.1, 0.15) is 11.2 Å². The fraction of sp³-hybridized carbons (Fsp3) is 0.688. The molecule has 0 aliphatic heterocycles. The molecule has 0 radical (unpaired) electrons. The fourth-order valence-electron chi connectivity index (χ4n) is 3.04. The maximum absolute atomic E-state index is 12.5. The lowest BCUT2D eigenvalue weighted by atomic mass is 9.54. The zero-order valence-corrected chi connectivity index (χ0v) is 14.3. The van der Waals surface area contributed by atoms with Gasteiger partial charge in [0.05, 0.1) is 6.10 Å². The van der Waals surface area contributed by atoms with E-state index in [2.05, 4.69) is 10.4 Å². The van der Waals surface area contributed by atoms with Crippen LogP contribution in [0.1, 0.15) is 57.6 Å². The highest BCUT2D eigenvalue weighted by Gasteiger charge is 2.66. The Morgan fingerprint density at radius 3 is 2.61 bits per heavy atom. The van der Waals surface area contributed by atoms with E-state index in [0.717, 1.165) is 0 Å². The van der Waals surface area contributed by atoms with Crippen LogP contribution < -0.4 is 5.32 Å². The van der Waals surface area contributed by atoms with Crippen LogP contribution in [0.25, 0.3) is 0 Å². The Morgan fingerprint density at radius 2 is 2.17 bits per heavy atom. The van der Waals surface area contributed by atoms with Crippen LogP contribution in [0.3, 0.4) is 0 Å². The first-order valence-corrected chi connectivity index (χ1v) is 7.88. The number of carbonyl (C=O) groups is 2. The number of carboxylic acids is 1. The lowest BCUT2D eigenvalue weighted by molar-refractivity contribution is -0.190. The van der Waals surface area contributed by atoms with Gasteiger partial charge in [0.25, 0.3) is 5.91 Å². The summed E-state index contributed by atoms with van der Waals surface area (Å²) in [6, 6.07) is 1.73. The lowest BCUT2D eigenvalue weighted by Gasteiger charge is -2.58. The molecule has 1 aromatic heterocycles. The highest BCUT2D eigenvalue weighted by molar-refractivity contribution is 5.97. The van der Waals surface area contributed by atoms with Gasteiger partial charge in [0, 0.05) is 30.7 Å². The number of carboxylic acid groups (broad SMARTS) is 1. The van der Waals surface area contributed by atoms with Crippen LogP contribution in [0.15, 0.2) is 12.3 Å². The molecule has 7 nitrogen and oxygen atoms in total. The summed E-state index contributed by atoms with van der Waals surface area (Å²) < 4.78 is 7.25. The van der Waals surface area contributed by atoms with E-state index in [4.69, 9.17) is 4.74 Å². The van der Waals surface area contributed by atoms with E-state index in [9.17, 15) is 14.7 Å². The maximum Gasteiger partial charge on any atom is 0.330 e. The quantitative estimate of drug-likeness (QED) is 0.833. The van der Waals surface area contributed by atoms with Gasteiger partial charge in [-0.2, -0.15) is 5.10 Å². The number of aliphatic carboxylic acids is 1. The van der Waals surface area contributed by atoms with Crippen LogP contribution in [0.5, 0.6) is 0 Å². The third-order valence-corrected chi connectivity index (χ3v) is 4.83. The van der Waals surface area contributed by atoms with E-state index in [-0.39, 0.29) is 24.3 Å². The molecule has 1 aromatic rings. The summed E-state index contributed by atoms with van der Waals surface area (Å²) in [4.78, 5) is 24.3. The summed E-state index contributed by atoms with van der Waals surface area (Å²) in [5.74, 6) is -1.52. The molecule has 1 aliphatic carbocycles. The molecule has 1 heterocycles. The van der Waals surface area contributed by atoms with E-state index in [1.165, 1.54) is 0 Å². The zero-order chi connectivity index (χ0) is 17.4. The van der Waals surface area contributed by atoms with Crippen molar-refractivity contribution in [2.75, 3.05) is 6.61 Å². The van der Waals surface area contributed by atoms with Gasteiger partial charge in [0.2, 0.25) is 0 Å². The Labute approximate surface area is 136 Å². The number of nitrogens with zero attached hydrogens (tertiary/aromatic N) is 2. The van der Waals surface area contributed by atoms with Gasteiger partial charge in [-0.25, -0.2) is 4.79 Å². The topological polar surface area (TPSA) is 93.5 Å². The summed E-state index contributed by atoms with van der Waals surface area (Å²) in [6.45, 7) is 9.89. The second-order valence-electron chi connectivity index (χ2n) is 6.81. The monoisotopic (exact) mass is 323 g/mol. The van der Waals surface area contributed by atoms with E-state index in [1.807, 2.05) is 20.8 Å². The van der Waals surface area contributed by atoms with Gasteiger partial charge in [-0.05, 0) is 26.8 Å². The first-order chi connectivity index (χ1) is 10.7. The summed E-state index contributed by atoms with van der Waals surface area (Å²) in [7, 11) is 0. The first-order valence-electron chi connectivity index (χ1n) is 7.88. The highest BCUT2D eigenvalue weighted by atomic mass is 16.5. The Bertz CT molecular complexity index is 608. The predicted molar refractivity (Wildman–Crippen MR) is 84.3 cm³/mol. The Balaban J connectivity index is 2.20. The normalized spacial score (nSPS) is 25.9. The Morgan fingerprint density at radius 1 is 1.52 bits per heavy atom. The zero-order valence-electron chi connectivity index (χ0n) is 14.3. The van der Waals surface area contributed by atoms with Gasteiger partial charge in [-0.15, -0.1) is 0 Å². The van der Waals surface area contributed by atoms with Gasteiger partial charge >= 0.3 is 5.97 Å². The van der Waals surface area contributed by atoms with Crippen LogP contribution in [0.4, 0.5) is 0 Å². The first kappa shape index (κ1) is 17.5. The second kappa shape index (κ2) is 5.96. The summed E-state index contributed by atoms with van der Waals surface area (Å²) in [6.07, 6.45) is 1.76. The number of hydrogen-bond donors (Lipinski definition) is 2. The van der Waals surface area contributed by atoms with Crippen LogP contribution in [-0.2, 0) is 9.53 Å². The largest absolute Gasteiger partial charge is 0.479 e. The van der Waals surface area contributed by atoms with Crippen LogP contribution >= 0.6 is 0 Å². The molecule has 2 N–H and O–H groups in total.